The lowest BCUT2D eigenvalue weighted by atomic mass is 10.2. The van der Waals surface area contributed by atoms with Gasteiger partial charge in [-0.3, -0.25) is 14.5 Å². The summed E-state index contributed by atoms with van der Waals surface area (Å²) in [5.41, 5.74) is 1.88. The molecule has 128 valence electrons. The van der Waals surface area contributed by atoms with E-state index in [2.05, 4.69) is 0 Å². The minimum atomic E-state index is -0.290. The minimum Gasteiger partial charge on any atom is -0.457 e. The Balaban J connectivity index is 1.54. The maximum absolute atomic E-state index is 12.6. The summed E-state index contributed by atoms with van der Waals surface area (Å²) in [6.07, 6.45) is 1.63. The van der Waals surface area contributed by atoms with Crippen LogP contribution in [-0.4, -0.2) is 16.0 Å². The van der Waals surface area contributed by atoms with Gasteiger partial charge in [-0.05, 0) is 29.5 Å². The third kappa shape index (κ3) is 3.34. The molecule has 4 rings (SSSR count). The number of carbonyl (C=O) groups excluding carboxylic acids is 2. The molecule has 0 aliphatic carbocycles. The van der Waals surface area contributed by atoms with Crippen molar-refractivity contribution in [2.75, 3.05) is 0 Å². The highest BCUT2D eigenvalue weighted by atomic mass is 32.2. The third-order valence-electron chi connectivity index (χ3n) is 4.02. The van der Waals surface area contributed by atoms with Crippen molar-refractivity contribution in [3.05, 3.63) is 89.0 Å². The van der Waals surface area contributed by atoms with Crippen LogP contribution in [0.15, 0.2) is 82.1 Å². The predicted molar refractivity (Wildman–Crippen MR) is 102 cm³/mol. The molecule has 26 heavy (non-hydrogen) atoms. The fourth-order valence-electron chi connectivity index (χ4n) is 2.72. The molecule has 1 saturated heterocycles. The highest BCUT2D eigenvalue weighted by Gasteiger charge is 2.35. The molecule has 5 heteroatoms. The van der Waals surface area contributed by atoms with Gasteiger partial charge in [0.25, 0.3) is 11.1 Å². The van der Waals surface area contributed by atoms with E-state index in [9.17, 15) is 9.59 Å². The quantitative estimate of drug-likeness (QED) is 0.601. The van der Waals surface area contributed by atoms with Crippen LogP contribution in [0.1, 0.15) is 11.3 Å². The van der Waals surface area contributed by atoms with Crippen molar-refractivity contribution in [1.29, 1.82) is 0 Å². The second-order valence-corrected chi connectivity index (χ2v) is 6.81. The molecule has 0 radical (unpaired) electrons. The van der Waals surface area contributed by atoms with E-state index >= 15 is 0 Å². The van der Waals surface area contributed by atoms with Crippen molar-refractivity contribution in [1.82, 2.24) is 4.90 Å². The van der Waals surface area contributed by atoms with Gasteiger partial charge in [0.2, 0.25) is 0 Å². The largest absolute Gasteiger partial charge is 0.457 e. The summed E-state index contributed by atoms with van der Waals surface area (Å²) in [5, 5.41) is -0.264. The molecule has 1 aliphatic rings. The van der Waals surface area contributed by atoms with Gasteiger partial charge in [0.1, 0.15) is 11.5 Å². The van der Waals surface area contributed by atoms with Crippen LogP contribution < -0.4 is 0 Å². The molecule has 1 aromatic heterocycles. The summed E-state index contributed by atoms with van der Waals surface area (Å²) in [6, 6.07) is 22.8. The fraction of sp³-hybridized carbons (Fsp3) is 0.0476. The average molecular weight is 361 g/mol. The number of hydrogen-bond donors (Lipinski definition) is 0. The molecule has 0 unspecified atom stereocenters. The maximum atomic E-state index is 12.6. The first-order chi connectivity index (χ1) is 12.7. The molecule has 1 fully saturated rings. The summed E-state index contributed by atoms with van der Waals surface area (Å²) in [4.78, 5) is 26.4. The Morgan fingerprint density at radius 3 is 2.31 bits per heavy atom. The topological polar surface area (TPSA) is 50.5 Å². The molecule has 0 N–H and O–H groups in total. The number of benzene rings is 2. The number of carbonyl (C=O) groups is 2. The Hall–Kier alpha value is -3.05. The lowest BCUT2D eigenvalue weighted by molar-refractivity contribution is -0.123. The van der Waals surface area contributed by atoms with Gasteiger partial charge in [0.05, 0.1) is 11.4 Å². The molecular formula is C21H15NO3S. The number of imide groups is 1. The number of furan rings is 1. The van der Waals surface area contributed by atoms with Gasteiger partial charge < -0.3 is 4.42 Å². The van der Waals surface area contributed by atoms with E-state index in [0.29, 0.717) is 10.7 Å². The normalized spacial score (nSPS) is 15.8. The Morgan fingerprint density at radius 1 is 0.885 bits per heavy atom. The highest BCUT2D eigenvalue weighted by Crippen LogP contribution is 2.34. The van der Waals surface area contributed by atoms with Crippen molar-refractivity contribution in [3.8, 4) is 11.3 Å². The van der Waals surface area contributed by atoms with Crippen LogP contribution in [0.25, 0.3) is 17.4 Å². The van der Waals surface area contributed by atoms with Crippen LogP contribution in [0.5, 0.6) is 0 Å². The van der Waals surface area contributed by atoms with E-state index in [1.54, 1.807) is 12.1 Å². The van der Waals surface area contributed by atoms with Gasteiger partial charge in [-0.25, -0.2) is 0 Å². The van der Waals surface area contributed by atoms with Crippen molar-refractivity contribution < 1.29 is 14.0 Å². The molecule has 0 saturated carbocycles. The van der Waals surface area contributed by atoms with E-state index in [1.165, 1.54) is 4.90 Å². The second kappa shape index (κ2) is 7.06. The van der Waals surface area contributed by atoms with E-state index < -0.39 is 0 Å². The summed E-state index contributed by atoms with van der Waals surface area (Å²) >= 11 is 0.939. The first kappa shape index (κ1) is 16.4. The van der Waals surface area contributed by atoms with Gasteiger partial charge in [0, 0.05) is 11.6 Å². The lowest BCUT2D eigenvalue weighted by Crippen LogP contribution is -2.27. The van der Waals surface area contributed by atoms with Gasteiger partial charge >= 0.3 is 0 Å². The van der Waals surface area contributed by atoms with E-state index in [-0.39, 0.29) is 17.7 Å². The zero-order valence-electron chi connectivity index (χ0n) is 13.8. The van der Waals surface area contributed by atoms with Gasteiger partial charge in [-0.15, -0.1) is 0 Å². The molecule has 3 aromatic rings. The first-order valence-electron chi connectivity index (χ1n) is 8.15. The minimum absolute atomic E-state index is 0.264. The van der Waals surface area contributed by atoms with E-state index in [0.717, 1.165) is 28.6 Å². The van der Waals surface area contributed by atoms with E-state index in [1.807, 2.05) is 66.7 Å². The number of nitrogens with zero attached hydrogens (tertiary/aromatic N) is 1. The molecule has 4 nitrogen and oxygen atoms in total. The lowest BCUT2D eigenvalue weighted by Gasteiger charge is -2.11. The molecule has 0 atom stereocenters. The van der Waals surface area contributed by atoms with Crippen molar-refractivity contribution in [2.24, 2.45) is 0 Å². The number of rotatable bonds is 4. The summed E-state index contributed by atoms with van der Waals surface area (Å²) in [6.45, 7) is 0.274. The van der Waals surface area contributed by atoms with Crippen LogP contribution in [0.2, 0.25) is 0 Å². The van der Waals surface area contributed by atoms with Gasteiger partial charge in [-0.2, -0.15) is 0 Å². The Kier molecular flexibility index (Phi) is 4.46. The molecule has 0 spiro atoms. The zero-order valence-corrected chi connectivity index (χ0v) is 14.6. The summed E-state index contributed by atoms with van der Waals surface area (Å²) < 4.78 is 5.80. The Bertz CT molecular complexity index is 977. The molecule has 2 aromatic carbocycles. The number of thioether (sulfide) groups is 1. The highest BCUT2D eigenvalue weighted by molar-refractivity contribution is 8.18. The van der Waals surface area contributed by atoms with Gasteiger partial charge in [-0.1, -0.05) is 60.7 Å². The van der Waals surface area contributed by atoms with Crippen LogP contribution in [-0.2, 0) is 11.3 Å². The number of hydrogen-bond acceptors (Lipinski definition) is 4. The molecular weight excluding hydrogens is 346 g/mol. The fourth-order valence-corrected chi connectivity index (χ4v) is 3.54. The van der Waals surface area contributed by atoms with Crippen LogP contribution >= 0.6 is 11.8 Å². The Labute approximate surface area is 155 Å². The van der Waals surface area contributed by atoms with Crippen molar-refractivity contribution >= 4 is 29.0 Å². The van der Waals surface area contributed by atoms with Crippen molar-refractivity contribution in [2.45, 2.75) is 6.54 Å². The van der Waals surface area contributed by atoms with Crippen LogP contribution in [0, 0.1) is 0 Å². The monoisotopic (exact) mass is 361 g/mol. The molecule has 1 aliphatic heterocycles. The molecule has 2 amide bonds. The second-order valence-electron chi connectivity index (χ2n) is 5.82. The SMILES string of the molecule is O=C1SC(=Cc2ccc(-c3ccccc3)o2)C(=O)N1Cc1ccccc1. The Morgan fingerprint density at radius 2 is 1.58 bits per heavy atom. The predicted octanol–water partition coefficient (Wildman–Crippen LogP) is 5.18. The number of amides is 2. The van der Waals surface area contributed by atoms with Crippen LogP contribution in [0.4, 0.5) is 4.79 Å². The third-order valence-corrected chi connectivity index (χ3v) is 4.92. The van der Waals surface area contributed by atoms with Crippen LogP contribution in [0.3, 0.4) is 0 Å². The van der Waals surface area contributed by atoms with Gasteiger partial charge in [0.15, 0.2) is 0 Å². The average Bonchev–Trinajstić information content (AvgIpc) is 3.24. The van der Waals surface area contributed by atoms with E-state index in [4.69, 9.17) is 4.42 Å². The maximum Gasteiger partial charge on any atom is 0.293 e. The first-order valence-corrected chi connectivity index (χ1v) is 8.97. The standard InChI is InChI=1S/C21H15NO3S/c23-20-19(26-21(24)22(20)14-15-7-3-1-4-8-15)13-17-11-12-18(25-17)16-9-5-2-6-10-16/h1-13H,14H2. The summed E-state index contributed by atoms with van der Waals surface area (Å²) in [7, 11) is 0. The smallest absolute Gasteiger partial charge is 0.293 e. The summed E-state index contributed by atoms with van der Waals surface area (Å²) in [5.74, 6) is 0.982. The zero-order chi connectivity index (χ0) is 17.9. The molecule has 0 bridgehead atoms. The van der Waals surface area contributed by atoms with Crippen molar-refractivity contribution in [3.63, 3.8) is 0 Å². The molecule has 2 heterocycles.